The summed E-state index contributed by atoms with van der Waals surface area (Å²) in [5, 5.41) is 14.1. The number of non-ortho nitro benzene ring substituents is 1. The van der Waals surface area contributed by atoms with Gasteiger partial charge in [-0.3, -0.25) is 25.0 Å². The second kappa shape index (κ2) is 9.35. The van der Waals surface area contributed by atoms with E-state index in [0.29, 0.717) is 41.4 Å². The van der Waals surface area contributed by atoms with Crippen LogP contribution >= 0.6 is 0 Å². The van der Waals surface area contributed by atoms with Gasteiger partial charge in [-0.1, -0.05) is 0 Å². The molecule has 0 saturated heterocycles. The van der Waals surface area contributed by atoms with E-state index in [9.17, 15) is 14.9 Å². The number of H-pyrrole nitrogens is 2. The van der Waals surface area contributed by atoms with Crippen molar-refractivity contribution in [2.24, 2.45) is 4.99 Å². The maximum absolute atomic E-state index is 13.4. The molecular formula is C23H22N6O4. The standard InChI is InChI=1S/C23H22N6O4/c1-15(25-12-11-17-13-24-14-26-17)21-22(16-3-9-20(33-2)10-4-16)27-28(23(21)30)18-5-7-19(8-6-18)29(31)32/h3-10,13-14,27H,11-12H2,1-2H3,(H,24,26). The Kier molecular flexibility index (Phi) is 6.16. The molecule has 0 bridgehead atoms. The molecular weight excluding hydrogens is 424 g/mol. The molecule has 168 valence electrons. The van der Waals surface area contributed by atoms with Gasteiger partial charge in [-0.05, 0) is 43.3 Å². The number of aliphatic imine (C=N–C) groups is 1. The van der Waals surface area contributed by atoms with Crippen LogP contribution in [0, 0.1) is 10.1 Å². The molecule has 10 heteroatoms. The molecule has 0 atom stereocenters. The molecule has 0 aliphatic heterocycles. The molecule has 4 rings (SSSR count). The number of benzene rings is 2. The summed E-state index contributed by atoms with van der Waals surface area (Å²) in [5.41, 5.74) is 3.50. The van der Waals surface area contributed by atoms with Gasteiger partial charge in [0.2, 0.25) is 0 Å². The van der Waals surface area contributed by atoms with Crippen molar-refractivity contribution in [3.63, 3.8) is 0 Å². The molecule has 10 nitrogen and oxygen atoms in total. The van der Waals surface area contributed by atoms with Crippen molar-refractivity contribution in [1.29, 1.82) is 0 Å². The van der Waals surface area contributed by atoms with Crippen LogP contribution < -0.4 is 10.3 Å². The Bertz CT molecular complexity index is 1330. The Morgan fingerprint density at radius 2 is 1.91 bits per heavy atom. The number of aromatic nitrogens is 4. The van der Waals surface area contributed by atoms with Gasteiger partial charge in [-0.2, -0.15) is 0 Å². The Hall–Kier alpha value is -4.47. The molecule has 0 saturated carbocycles. The highest BCUT2D eigenvalue weighted by atomic mass is 16.6. The van der Waals surface area contributed by atoms with Crippen LogP contribution in [0.2, 0.25) is 0 Å². The molecule has 2 aromatic carbocycles. The first kappa shape index (κ1) is 21.8. The molecule has 4 aromatic rings. The number of nitrogens with zero attached hydrogens (tertiary/aromatic N) is 4. The SMILES string of the molecule is COc1ccc(-c2[nH]n(-c3ccc([N+](=O)[O-])cc3)c(=O)c2C(C)=NCCc2cnc[nH]2)cc1. The third kappa shape index (κ3) is 4.59. The maximum Gasteiger partial charge on any atom is 0.280 e. The van der Waals surface area contributed by atoms with Crippen LogP contribution in [0.3, 0.4) is 0 Å². The zero-order chi connectivity index (χ0) is 23.4. The molecule has 0 spiro atoms. The number of hydrogen-bond donors (Lipinski definition) is 2. The highest BCUT2D eigenvalue weighted by Gasteiger charge is 2.20. The Labute approximate surface area is 188 Å². The Balaban J connectivity index is 1.76. The first-order valence-electron chi connectivity index (χ1n) is 10.2. The van der Waals surface area contributed by atoms with Gasteiger partial charge in [-0.25, -0.2) is 9.67 Å². The highest BCUT2D eigenvalue weighted by molar-refractivity contribution is 6.03. The molecule has 0 aliphatic carbocycles. The highest BCUT2D eigenvalue weighted by Crippen LogP contribution is 2.24. The number of nitro benzene ring substituents is 1. The van der Waals surface area contributed by atoms with Crippen LogP contribution in [0.4, 0.5) is 5.69 Å². The van der Waals surface area contributed by atoms with Crippen molar-refractivity contribution in [2.75, 3.05) is 13.7 Å². The maximum atomic E-state index is 13.4. The van der Waals surface area contributed by atoms with Crippen molar-refractivity contribution in [2.45, 2.75) is 13.3 Å². The number of imidazole rings is 1. The monoisotopic (exact) mass is 446 g/mol. The van der Waals surface area contributed by atoms with Crippen molar-refractivity contribution in [3.8, 4) is 22.7 Å². The summed E-state index contributed by atoms with van der Waals surface area (Å²) in [6, 6.07) is 13.1. The first-order valence-corrected chi connectivity index (χ1v) is 10.2. The minimum absolute atomic E-state index is 0.0505. The lowest BCUT2D eigenvalue weighted by molar-refractivity contribution is -0.384. The zero-order valence-corrected chi connectivity index (χ0v) is 18.1. The number of nitro groups is 1. The molecule has 0 radical (unpaired) electrons. The van der Waals surface area contributed by atoms with Gasteiger partial charge in [0.1, 0.15) is 5.75 Å². The van der Waals surface area contributed by atoms with Crippen LogP contribution in [0.15, 0.2) is 70.8 Å². The molecule has 2 aromatic heterocycles. The summed E-state index contributed by atoms with van der Waals surface area (Å²) in [7, 11) is 1.59. The van der Waals surface area contributed by atoms with Crippen LogP contribution in [-0.2, 0) is 6.42 Å². The topological polar surface area (TPSA) is 131 Å². The minimum atomic E-state index is -0.480. The van der Waals surface area contributed by atoms with E-state index in [-0.39, 0.29) is 11.2 Å². The smallest absolute Gasteiger partial charge is 0.280 e. The number of rotatable bonds is 8. The Morgan fingerprint density at radius 3 is 2.52 bits per heavy atom. The van der Waals surface area contributed by atoms with Crippen LogP contribution in [0.5, 0.6) is 5.75 Å². The van der Waals surface area contributed by atoms with Gasteiger partial charge >= 0.3 is 0 Å². The van der Waals surface area contributed by atoms with E-state index in [4.69, 9.17) is 4.74 Å². The lowest BCUT2D eigenvalue weighted by atomic mass is 10.0. The molecule has 0 fully saturated rings. The fourth-order valence-corrected chi connectivity index (χ4v) is 3.49. The largest absolute Gasteiger partial charge is 0.497 e. The fourth-order valence-electron chi connectivity index (χ4n) is 3.49. The van der Waals surface area contributed by atoms with E-state index in [1.54, 1.807) is 26.6 Å². The summed E-state index contributed by atoms with van der Waals surface area (Å²) >= 11 is 0. The van der Waals surface area contributed by atoms with E-state index in [1.807, 2.05) is 24.3 Å². The zero-order valence-electron chi connectivity index (χ0n) is 18.1. The van der Waals surface area contributed by atoms with Crippen molar-refractivity contribution >= 4 is 11.4 Å². The third-order valence-electron chi connectivity index (χ3n) is 5.23. The molecule has 33 heavy (non-hydrogen) atoms. The number of hydrogen-bond acceptors (Lipinski definition) is 6. The normalized spacial score (nSPS) is 11.5. The second-order valence-corrected chi connectivity index (χ2v) is 7.30. The second-order valence-electron chi connectivity index (χ2n) is 7.30. The minimum Gasteiger partial charge on any atom is -0.497 e. The lowest BCUT2D eigenvalue weighted by Crippen LogP contribution is -2.20. The van der Waals surface area contributed by atoms with Crippen LogP contribution in [-0.4, -0.2) is 44.0 Å². The lowest BCUT2D eigenvalue weighted by Gasteiger charge is -2.05. The summed E-state index contributed by atoms with van der Waals surface area (Å²) in [6.07, 6.45) is 4.02. The van der Waals surface area contributed by atoms with E-state index in [1.165, 1.54) is 28.9 Å². The van der Waals surface area contributed by atoms with Gasteiger partial charge in [0.25, 0.3) is 11.2 Å². The first-order chi connectivity index (χ1) is 16.0. The van der Waals surface area contributed by atoms with Crippen molar-refractivity contribution in [1.82, 2.24) is 19.7 Å². The Morgan fingerprint density at radius 1 is 1.18 bits per heavy atom. The quantitative estimate of drug-likeness (QED) is 0.243. The van der Waals surface area contributed by atoms with E-state index in [0.717, 1.165) is 11.3 Å². The predicted molar refractivity (Wildman–Crippen MR) is 124 cm³/mol. The predicted octanol–water partition coefficient (Wildman–Crippen LogP) is 3.52. The fraction of sp³-hybridized carbons (Fsp3) is 0.174. The van der Waals surface area contributed by atoms with Crippen LogP contribution in [0.1, 0.15) is 18.2 Å². The number of ether oxygens (including phenoxy) is 1. The molecule has 0 unspecified atom stereocenters. The van der Waals surface area contributed by atoms with Gasteiger partial charge in [0, 0.05) is 48.3 Å². The average Bonchev–Trinajstić information content (AvgIpc) is 3.47. The average molecular weight is 446 g/mol. The van der Waals surface area contributed by atoms with Gasteiger partial charge in [0.15, 0.2) is 0 Å². The van der Waals surface area contributed by atoms with E-state index < -0.39 is 4.92 Å². The summed E-state index contributed by atoms with van der Waals surface area (Å²) in [5.74, 6) is 0.697. The van der Waals surface area contributed by atoms with Crippen molar-refractivity contribution in [3.05, 3.63) is 92.8 Å². The number of nitrogens with one attached hydrogen (secondary N) is 2. The molecule has 2 heterocycles. The molecule has 0 amide bonds. The summed E-state index contributed by atoms with van der Waals surface area (Å²) in [4.78, 5) is 35.6. The number of methoxy groups -OCH3 is 1. The number of aromatic amines is 2. The summed E-state index contributed by atoms with van der Waals surface area (Å²) in [6.45, 7) is 2.28. The third-order valence-corrected chi connectivity index (χ3v) is 5.23. The van der Waals surface area contributed by atoms with Gasteiger partial charge in [-0.15, -0.1) is 0 Å². The van der Waals surface area contributed by atoms with E-state index >= 15 is 0 Å². The summed E-state index contributed by atoms with van der Waals surface area (Å²) < 4.78 is 6.60. The van der Waals surface area contributed by atoms with Crippen LogP contribution in [0.25, 0.3) is 16.9 Å². The molecule has 0 aliphatic rings. The van der Waals surface area contributed by atoms with Crippen molar-refractivity contribution < 1.29 is 9.66 Å². The van der Waals surface area contributed by atoms with Gasteiger partial charge < -0.3 is 9.72 Å². The van der Waals surface area contributed by atoms with E-state index in [2.05, 4.69) is 20.1 Å². The molecule has 2 N–H and O–H groups in total. The van der Waals surface area contributed by atoms with Gasteiger partial charge in [0.05, 0.1) is 35.3 Å².